The molecular weight excluding hydrogens is 1240 g/mol. The molecule has 0 spiro atoms. The molecule has 0 radical (unpaired) electrons. The van der Waals surface area contributed by atoms with E-state index in [1.165, 1.54) is 86.7 Å². The van der Waals surface area contributed by atoms with Gasteiger partial charge >= 0.3 is 0 Å². The van der Waals surface area contributed by atoms with Gasteiger partial charge in [-0.3, -0.25) is 0 Å². The van der Waals surface area contributed by atoms with Crippen LogP contribution in [0.25, 0.3) is 189 Å². The van der Waals surface area contributed by atoms with Crippen molar-refractivity contribution < 1.29 is 0 Å². The average molecular weight is 1300 g/mol. The van der Waals surface area contributed by atoms with E-state index in [1.54, 1.807) is 0 Å². The van der Waals surface area contributed by atoms with Gasteiger partial charge in [-0.1, -0.05) is 297 Å². The van der Waals surface area contributed by atoms with Gasteiger partial charge in [0.2, 0.25) is 0 Å². The summed E-state index contributed by atoms with van der Waals surface area (Å²) < 4.78 is 4.80. The second-order valence-corrected chi connectivity index (χ2v) is 25.8. The first kappa shape index (κ1) is 59.4. The molecule has 0 atom stereocenters. The van der Waals surface area contributed by atoms with Crippen LogP contribution in [0.4, 0.5) is 0 Å². The zero-order valence-corrected chi connectivity index (χ0v) is 55.2. The van der Waals surface area contributed by atoms with Crippen LogP contribution in [-0.4, -0.2) is 39.0 Å². The maximum absolute atomic E-state index is 4.98. The molecule has 8 nitrogen and oxygen atoms in total. The topological polar surface area (TPSA) is 87.2 Å². The molecule has 20 aromatic rings. The van der Waals surface area contributed by atoms with Crippen LogP contribution in [0.3, 0.4) is 0 Å². The van der Waals surface area contributed by atoms with Crippen LogP contribution in [-0.2, 0) is 0 Å². The molecule has 476 valence electrons. The summed E-state index contributed by atoms with van der Waals surface area (Å²) in [5, 5.41) is 14.8. The van der Waals surface area contributed by atoms with Crippen molar-refractivity contribution in [3.05, 3.63) is 364 Å². The maximum Gasteiger partial charge on any atom is 0.164 e. The Bertz CT molecular complexity index is 6490. The number of hydrogen-bond donors (Lipinski definition) is 0. The van der Waals surface area contributed by atoms with E-state index in [0.717, 1.165) is 67.0 Å². The van der Waals surface area contributed by atoms with Crippen LogP contribution < -0.4 is 0 Å². The maximum atomic E-state index is 4.98. The molecule has 0 bridgehead atoms. The Kier molecular flexibility index (Phi) is 14.7. The molecule has 8 heteroatoms. The third-order valence-electron chi connectivity index (χ3n) is 19.6. The lowest BCUT2D eigenvalue weighted by molar-refractivity contribution is 1.07. The Morgan fingerprint density at radius 3 is 0.882 bits per heavy atom. The van der Waals surface area contributed by atoms with E-state index < -0.39 is 0 Å². The highest BCUT2D eigenvalue weighted by atomic mass is 15.0. The van der Waals surface area contributed by atoms with Crippen molar-refractivity contribution in [1.82, 2.24) is 39.0 Å². The number of nitrogens with zero attached hydrogens (tertiary/aromatic N) is 8. The van der Waals surface area contributed by atoms with Gasteiger partial charge in [-0.05, 0) is 132 Å². The molecule has 0 aliphatic heterocycles. The van der Waals surface area contributed by atoms with E-state index in [2.05, 4.69) is 252 Å². The third kappa shape index (κ3) is 10.8. The van der Waals surface area contributed by atoms with Crippen molar-refractivity contribution in [1.29, 1.82) is 0 Å². The van der Waals surface area contributed by atoms with Gasteiger partial charge < -0.3 is 9.13 Å². The van der Waals surface area contributed by atoms with Crippen molar-refractivity contribution in [3.8, 4) is 102 Å². The smallest absolute Gasteiger partial charge is 0.164 e. The summed E-state index contributed by atoms with van der Waals surface area (Å²) in [5.74, 6) is 3.92. The average Bonchev–Trinajstić information content (AvgIpc) is 1.57. The summed E-state index contributed by atoms with van der Waals surface area (Å²) in [6, 6.07) is 128. The number of fused-ring (bicyclic) bond motifs is 12. The molecule has 0 fully saturated rings. The van der Waals surface area contributed by atoms with Gasteiger partial charge in [0.1, 0.15) is 0 Å². The normalized spacial score (nSPS) is 11.5. The van der Waals surface area contributed by atoms with Crippen LogP contribution in [0.15, 0.2) is 364 Å². The molecular formula is C94H60N8. The van der Waals surface area contributed by atoms with Gasteiger partial charge in [-0.15, -0.1) is 0 Å². The van der Waals surface area contributed by atoms with E-state index in [1.807, 2.05) is 121 Å². The number of para-hydroxylation sites is 2. The number of aromatic nitrogens is 8. The Morgan fingerprint density at radius 1 is 0.157 bits per heavy atom. The highest BCUT2D eigenvalue weighted by Gasteiger charge is 2.20. The van der Waals surface area contributed by atoms with Gasteiger partial charge in [0, 0.05) is 66.3 Å². The van der Waals surface area contributed by atoms with E-state index in [0.29, 0.717) is 34.9 Å². The van der Waals surface area contributed by atoms with Crippen LogP contribution in [0, 0.1) is 0 Å². The Labute approximate surface area is 588 Å². The Morgan fingerprint density at radius 2 is 0.451 bits per heavy atom. The largest absolute Gasteiger partial charge is 0.309 e. The van der Waals surface area contributed by atoms with Gasteiger partial charge in [0.25, 0.3) is 0 Å². The summed E-state index contributed by atoms with van der Waals surface area (Å²) in [6.07, 6.45) is 0. The summed E-state index contributed by atoms with van der Waals surface area (Å²) in [7, 11) is 0. The van der Waals surface area contributed by atoms with E-state index >= 15 is 0 Å². The summed E-state index contributed by atoms with van der Waals surface area (Å²) in [5.41, 5.74) is 17.4. The van der Waals surface area contributed by atoms with Crippen LogP contribution in [0.2, 0.25) is 0 Å². The molecule has 0 aliphatic carbocycles. The van der Waals surface area contributed by atoms with E-state index in [4.69, 9.17) is 29.9 Å². The molecule has 0 unspecified atom stereocenters. The molecule has 4 aromatic heterocycles. The number of rotatable bonds is 10. The first-order chi connectivity index (χ1) is 50.5. The standard InChI is InChI=1S/2C47H30N4/c1-3-13-33(14-4-1)45-48-46(34-15-5-2-6-16-34)50-47(49-45)38-19-11-18-35(28-38)37-23-22-32-25-27-43-44(41(32)30-37)40-20-9-10-21-42(40)51(43)39-26-24-31-12-7-8-17-36(31)29-39;1-3-12-34(13-4-1)45-48-46(35-14-5-2-6-15-35)50-47(49-45)36-22-19-32(20-23-36)38-24-21-33-26-28-43-44(41(33)30-38)40-17-9-10-18-42(40)51(43)39-27-25-31-11-7-8-16-37(31)29-39/h2*1-30H. The van der Waals surface area contributed by atoms with E-state index in [-0.39, 0.29) is 0 Å². The van der Waals surface area contributed by atoms with Gasteiger partial charge in [0.15, 0.2) is 34.9 Å². The lowest BCUT2D eigenvalue weighted by Gasteiger charge is -2.11. The molecule has 102 heavy (non-hydrogen) atoms. The second-order valence-electron chi connectivity index (χ2n) is 25.8. The zero-order valence-electron chi connectivity index (χ0n) is 55.2. The van der Waals surface area contributed by atoms with Gasteiger partial charge in [-0.25, -0.2) is 29.9 Å². The first-order valence-electron chi connectivity index (χ1n) is 34.4. The number of benzene rings is 16. The molecule has 4 heterocycles. The Balaban J connectivity index is 0.000000141. The minimum absolute atomic E-state index is 0.645. The minimum atomic E-state index is 0.645. The van der Waals surface area contributed by atoms with Gasteiger partial charge in [0.05, 0.1) is 22.1 Å². The highest BCUT2D eigenvalue weighted by molar-refractivity contribution is 6.23. The molecule has 0 saturated carbocycles. The van der Waals surface area contributed by atoms with Crippen molar-refractivity contribution in [2.45, 2.75) is 0 Å². The van der Waals surface area contributed by atoms with Crippen molar-refractivity contribution in [3.63, 3.8) is 0 Å². The SMILES string of the molecule is c1ccc(-c2nc(-c3ccccc3)nc(-c3ccc(-c4ccc5ccc6c(c5c4)c4ccccc4n6-c4ccc5ccccc5c4)cc3)n2)cc1.c1ccc(-c2nc(-c3ccccc3)nc(-c3cccc(-c4ccc5ccc6c(c5c4)c4ccccc4n6-c4ccc5ccccc5c4)c3)n2)cc1. The minimum Gasteiger partial charge on any atom is -0.309 e. The van der Waals surface area contributed by atoms with E-state index in [9.17, 15) is 0 Å². The summed E-state index contributed by atoms with van der Waals surface area (Å²) in [4.78, 5) is 29.6. The molecule has 0 N–H and O–H groups in total. The molecule has 0 aliphatic rings. The van der Waals surface area contributed by atoms with Gasteiger partial charge in [-0.2, -0.15) is 0 Å². The van der Waals surface area contributed by atoms with Crippen molar-refractivity contribution in [2.24, 2.45) is 0 Å². The summed E-state index contributed by atoms with van der Waals surface area (Å²) >= 11 is 0. The molecule has 0 saturated heterocycles. The number of hydrogen-bond acceptors (Lipinski definition) is 6. The van der Waals surface area contributed by atoms with Crippen LogP contribution in [0.1, 0.15) is 0 Å². The monoisotopic (exact) mass is 1300 g/mol. The van der Waals surface area contributed by atoms with Crippen molar-refractivity contribution in [2.75, 3.05) is 0 Å². The fourth-order valence-corrected chi connectivity index (χ4v) is 14.6. The lowest BCUT2D eigenvalue weighted by atomic mass is 9.97. The second kappa shape index (κ2) is 25.2. The fraction of sp³-hybridized carbons (Fsp3) is 0. The molecule has 0 amide bonds. The lowest BCUT2D eigenvalue weighted by Crippen LogP contribution is -2.00. The Hall–Kier alpha value is -13.8. The predicted molar refractivity (Wildman–Crippen MR) is 422 cm³/mol. The fourth-order valence-electron chi connectivity index (χ4n) is 14.6. The van der Waals surface area contributed by atoms with Crippen molar-refractivity contribution >= 4 is 86.7 Å². The zero-order chi connectivity index (χ0) is 67.5. The van der Waals surface area contributed by atoms with Crippen LogP contribution in [0.5, 0.6) is 0 Å². The first-order valence-corrected chi connectivity index (χ1v) is 34.4. The third-order valence-corrected chi connectivity index (χ3v) is 19.6. The quantitative estimate of drug-likeness (QED) is 0.136. The molecule has 16 aromatic carbocycles. The summed E-state index contributed by atoms with van der Waals surface area (Å²) in [6.45, 7) is 0. The molecule has 20 rings (SSSR count). The van der Waals surface area contributed by atoms with Crippen LogP contribution >= 0.6 is 0 Å². The highest BCUT2D eigenvalue weighted by Crippen LogP contribution is 2.42. The predicted octanol–water partition coefficient (Wildman–Crippen LogP) is 23.9.